The first kappa shape index (κ1) is 41.3. The minimum absolute atomic E-state index is 0.00430. The van der Waals surface area contributed by atoms with Crippen LogP contribution in [0, 0.1) is 23.2 Å². The van der Waals surface area contributed by atoms with Crippen molar-refractivity contribution in [3.05, 3.63) is 29.8 Å². The number of hydrogen-bond acceptors (Lipinski definition) is 11. The maximum Gasteiger partial charge on any atom is 0.410 e. The van der Waals surface area contributed by atoms with Gasteiger partial charge in [0, 0.05) is 44.3 Å². The van der Waals surface area contributed by atoms with Crippen molar-refractivity contribution in [2.45, 2.75) is 122 Å². The van der Waals surface area contributed by atoms with Gasteiger partial charge in [-0.1, -0.05) is 45.7 Å². The first-order valence-corrected chi connectivity index (χ1v) is 20.0. The van der Waals surface area contributed by atoms with Crippen LogP contribution in [-0.4, -0.2) is 116 Å². The van der Waals surface area contributed by atoms with Crippen LogP contribution in [0.2, 0.25) is 0 Å². The van der Waals surface area contributed by atoms with Crippen LogP contribution in [0.4, 0.5) is 9.59 Å². The van der Waals surface area contributed by atoms with Gasteiger partial charge in [0.25, 0.3) is 0 Å². The summed E-state index contributed by atoms with van der Waals surface area (Å²) in [5.74, 6) is 0.390. The number of fused-ring (bicyclic) bond motifs is 5. The molecule has 6 rings (SSSR count). The Morgan fingerprint density at radius 3 is 2.45 bits per heavy atom. The number of amides is 3. The number of pyridine rings is 1. The van der Waals surface area contributed by atoms with Crippen molar-refractivity contribution in [3.8, 4) is 11.6 Å². The predicted molar refractivity (Wildman–Crippen MR) is 207 cm³/mol. The summed E-state index contributed by atoms with van der Waals surface area (Å²) in [6.07, 6.45) is 3.14. The number of rotatable bonds is 7. The lowest BCUT2D eigenvalue weighted by Crippen LogP contribution is -2.57. The van der Waals surface area contributed by atoms with Gasteiger partial charge in [0.2, 0.25) is 11.8 Å². The highest BCUT2D eigenvalue weighted by atomic mass is 16.6. The van der Waals surface area contributed by atoms with E-state index in [9.17, 15) is 19.2 Å². The number of aromatic nitrogens is 1. The molecule has 0 radical (unpaired) electrons. The van der Waals surface area contributed by atoms with E-state index in [4.69, 9.17) is 33.4 Å². The standard InChI is InChI=1S/C42H60N4O10/c1-41(2,3)35-37(47)46-21-25(20-31(46)38(48)52-9)53-36-27(17-12-10-11-15-24-19-32(24)54-39(49)44-35)33(26-16-13-14-18-30(26)43-36)55-34-28(29(34)23-51-8)22-45(7)40(50)56-42(4,5)6/h13-14,16,18,24-25,28-29,31-32,34-35H,10-12,15,17,19-23H2,1-9H3,(H,44,49)/t24-,25-,28?,29?,31+,32-,34?,35-/m1/s1. The van der Waals surface area contributed by atoms with Gasteiger partial charge in [-0.3, -0.25) is 4.79 Å². The molecular weight excluding hydrogens is 720 g/mol. The van der Waals surface area contributed by atoms with Gasteiger partial charge in [-0.2, -0.15) is 0 Å². The molecule has 4 aliphatic rings. The number of benzene rings is 1. The van der Waals surface area contributed by atoms with Crippen LogP contribution in [0.1, 0.15) is 85.6 Å². The number of methoxy groups -OCH3 is 2. The quantitative estimate of drug-likeness (QED) is 0.264. The first-order chi connectivity index (χ1) is 26.5. The van der Waals surface area contributed by atoms with Gasteiger partial charge >= 0.3 is 18.2 Å². The number of carbonyl (C=O) groups is 4. The van der Waals surface area contributed by atoms with Gasteiger partial charge in [-0.15, -0.1) is 0 Å². The molecule has 8 atom stereocenters. The summed E-state index contributed by atoms with van der Waals surface area (Å²) in [6, 6.07) is 5.88. The maximum absolute atomic E-state index is 14.3. The van der Waals surface area contributed by atoms with Crippen LogP contribution < -0.4 is 14.8 Å². The minimum Gasteiger partial charge on any atom is -0.488 e. The molecule has 2 aromatic rings. The third-order valence-corrected chi connectivity index (χ3v) is 11.2. The second-order valence-electron chi connectivity index (χ2n) is 18.0. The Labute approximate surface area is 330 Å². The van der Waals surface area contributed by atoms with Crippen LogP contribution in [0.5, 0.6) is 11.6 Å². The summed E-state index contributed by atoms with van der Waals surface area (Å²) in [7, 11) is 4.69. The highest BCUT2D eigenvalue weighted by molar-refractivity contribution is 5.91. The molecule has 3 unspecified atom stereocenters. The highest BCUT2D eigenvalue weighted by Crippen LogP contribution is 2.47. The van der Waals surface area contributed by atoms with Crippen molar-refractivity contribution < 1.29 is 47.6 Å². The van der Waals surface area contributed by atoms with E-state index in [1.807, 2.05) is 65.8 Å². The van der Waals surface area contributed by atoms with E-state index in [0.717, 1.165) is 43.1 Å². The van der Waals surface area contributed by atoms with Crippen LogP contribution >= 0.6 is 0 Å². The fourth-order valence-electron chi connectivity index (χ4n) is 8.05. The molecule has 2 bridgehead atoms. The molecule has 1 N–H and O–H groups in total. The van der Waals surface area contributed by atoms with Gasteiger partial charge in [0.05, 0.1) is 31.3 Å². The molecule has 308 valence electrons. The zero-order valence-electron chi connectivity index (χ0n) is 34.4. The average molecular weight is 781 g/mol. The van der Waals surface area contributed by atoms with Gasteiger partial charge in [-0.05, 0) is 69.9 Å². The van der Waals surface area contributed by atoms with E-state index in [-0.39, 0.29) is 42.9 Å². The van der Waals surface area contributed by atoms with E-state index in [1.165, 1.54) is 12.0 Å². The summed E-state index contributed by atoms with van der Waals surface area (Å²) in [4.78, 5) is 61.7. The lowest BCUT2D eigenvalue weighted by Gasteiger charge is -2.34. The van der Waals surface area contributed by atoms with E-state index in [0.29, 0.717) is 36.7 Å². The topological polar surface area (TPSA) is 155 Å². The second-order valence-corrected chi connectivity index (χ2v) is 18.0. The molecule has 1 aromatic heterocycles. The third-order valence-electron chi connectivity index (χ3n) is 11.2. The minimum atomic E-state index is -0.966. The van der Waals surface area contributed by atoms with Gasteiger partial charge < -0.3 is 43.5 Å². The molecule has 3 fully saturated rings. The Bertz CT molecular complexity index is 1770. The van der Waals surface area contributed by atoms with Gasteiger partial charge in [0.15, 0.2) is 0 Å². The number of para-hydroxylation sites is 1. The number of alkyl carbamates (subject to hydrolysis) is 1. The van der Waals surface area contributed by atoms with E-state index < -0.39 is 53.3 Å². The number of nitrogens with one attached hydrogen (secondary N) is 1. The van der Waals surface area contributed by atoms with Crippen molar-refractivity contribution in [1.29, 1.82) is 0 Å². The Hall–Kier alpha value is -4.33. The molecule has 2 saturated carbocycles. The molecule has 2 aliphatic heterocycles. The van der Waals surface area contributed by atoms with Crippen LogP contribution in [0.3, 0.4) is 0 Å². The fraction of sp³-hybridized carbons (Fsp3) is 0.690. The molecule has 2 aliphatic carbocycles. The normalized spacial score (nSPS) is 28.3. The Balaban J connectivity index is 1.35. The molecule has 0 spiro atoms. The SMILES string of the molecule is COCC1C(CN(C)C(=O)OC(C)(C)C)C1Oc1c2c(nc3ccccc13)O[C@@H]1C[C@@H](C(=O)OC)N(C1)C(=O)[C@H](C(C)(C)C)NC(=O)O[C@@H]1C[C@H]1CCCCC2. The number of carbonyl (C=O) groups excluding carboxylic acids is 4. The molecule has 14 nitrogen and oxygen atoms in total. The zero-order chi connectivity index (χ0) is 40.5. The molecule has 1 saturated heterocycles. The van der Waals surface area contributed by atoms with Crippen LogP contribution in [0.25, 0.3) is 10.9 Å². The Morgan fingerprint density at radius 1 is 1.00 bits per heavy atom. The van der Waals surface area contributed by atoms with E-state index in [1.54, 1.807) is 19.1 Å². The maximum atomic E-state index is 14.3. The largest absolute Gasteiger partial charge is 0.488 e. The molecular formula is C42H60N4O10. The highest BCUT2D eigenvalue weighted by Gasteiger charge is 2.54. The Morgan fingerprint density at radius 2 is 1.75 bits per heavy atom. The number of ether oxygens (including phenoxy) is 6. The second kappa shape index (κ2) is 16.6. The van der Waals surface area contributed by atoms with E-state index >= 15 is 0 Å². The van der Waals surface area contributed by atoms with Crippen molar-refractivity contribution in [1.82, 2.24) is 20.1 Å². The summed E-state index contributed by atoms with van der Waals surface area (Å²) in [5.41, 5.74) is 0.188. The lowest BCUT2D eigenvalue weighted by molar-refractivity contribution is -0.152. The average Bonchev–Trinajstić information content (AvgIpc) is 3.96. The third kappa shape index (κ3) is 9.61. The summed E-state index contributed by atoms with van der Waals surface area (Å²) in [5, 5.41) is 3.67. The zero-order valence-corrected chi connectivity index (χ0v) is 34.4. The lowest BCUT2D eigenvalue weighted by atomic mass is 9.85. The van der Waals surface area contributed by atoms with Crippen molar-refractivity contribution in [2.24, 2.45) is 23.2 Å². The monoisotopic (exact) mass is 780 g/mol. The van der Waals surface area contributed by atoms with Crippen LogP contribution in [0.15, 0.2) is 24.3 Å². The van der Waals surface area contributed by atoms with Crippen LogP contribution in [-0.2, 0) is 35.0 Å². The van der Waals surface area contributed by atoms with Gasteiger partial charge in [0.1, 0.15) is 41.7 Å². The van der Waals surface area contributed by atoms with Crippen molar-refractivity contribution in [2.75, 3.05) is 41.0 Å². The summed E-state index contributed by atoms with van der Waals surface area (Å²) < 4.78 is 36.0. The summed E-state index contributed by atoms with van der Waals surface area (Å²) >= 11 is 0. The molecule has 1 aromatic carbocycles. The number of nitrogens with zero attached hydrogens (tertiary/aromatic N) is 3. The van der Waals surface area contributed by atoms with Crippen molar-refractivity contribution in [3.63, 3.8) is 0 Å². The Kier molecular flexibility index (Phi) is 12.3. The first-order valence-electron chi connectivity index (χ1n) is 20.0. The summed E-state index contributed by atoms with van der Waals surface area (Å²) in [6.45, 7) is 12.1. The van der Waals surface area contributed by atoms with Gasteiger partial charge in [-0.25, -0.2) is 19.4 Å². The van der Waals surface area contributed by atoms with E-state index in [2.05, 4.69) is 5.32 Å². The predicted octanol–water partition coefficient (Wildman–Crippen LogP) is 5.91. The number of hydrogen-bond donors (Lipinski definition) is 1. The van der Waals surface area contributed by atoms with Crippen molar-refractivity contribution >= 4 is 35.0 Å². The number of esters is 1. The molecule has 56 heavy (non-hydrogen) atoms. The molecule has 3 heterocycles. The fourth-order valence-corrected chi connectivity index (χ4v) is 8.05. The molecule has 14 heteroatoms. The molecule has 3 amide bonds. The smallest absolute Gasteiger partial charge is 0.410 e.